The van der Waals surface area contributed by atoms with Crippen LogP contribution in [-0.2, 0) is 0 Å². The molecule has 0 aliphatic carbocycles. The van der Waals surface area contributed by atoms with E-state index in [2.05, 4.69) is 10.2 Å². The predicted octanol–water partition coefficient (Wildman–Crippen LogP) is 2.02. The summed E-state index contributed by atoms with van der Waals surface area (Å²) < 4.78 is 2.00. The Bertz CT molecular complexity index is 642. The Labute approximate surface area is 126 Å². The van der Waals surface area contributed by atoms with Crippen molar-refractivity contribution in [2.75, 3.05) is 13.1 Å². The number of ketones is 1. The summed E-state index contributed by atoms with van der Waals surface area (Å²) in [7, 11) is 0. The van der Waals surface area contributed by atoms with Gasteiger partial charge in [-0.05, 0) is 31.9 Å². The first-order chi connectivity index (χ1) is 10.1. The highest BCUT2D eigenvalue weighted by molar-refractivity contribution is 7.15. The summed E-state index contributed by atoms with van der Waals surface area (Å²) in [4.78, 5) is 26.9. The fourth-order valence-corrected chi connectivity index (χ4v) is 3.43. The molecule has 0 bridgehead atoms. The van der Waals surface area contributed by atoms with Gasteiger partial charge in [-0.25, -0.2) is 0 Å². The van der Waals surface area contributed by atoms with Crippen LogP contribution in [-0.4, -0.2) is 44.4 Å². The van der Waals surface area contributed by atoms with Gasteiger partial charge in [0.2, 0.25) is 0 Å². The summed E-state index contributed by atoms with van der Waals surface area (Å²) in [6, 6.07) is 3.83. The van der Waals surface area contributed by atoms with Crippen LogP contribution >= 0.6 is 11.3 Å². The molecule has 1 aliphatic rings. The zero-order chi connectivity index (χ0) is 14.8. The highest BCUT2D eigenvalue weighted by atomic mass is 32.1. The van der Waals surface area contributed by atoms with Gasteiger partial charge in [0.05, 0.1) is 9.75 Å². The number of hydrogen-bond donors (Lipinski definition) is 0. The topological polar surface area (TPSA) is 68.1 Å². The SMILES string of the molecule is CC(=O)c1ccc(C(=O)N2CCC(n3cnnc3)CC2)s1. The van der Waals surface area contributed by atoms with Crippen LogP contribution in [0.1, 0.15) is 45.2 Å². The monoisotopic (exact) mass is 304 g/mol. The fourth-order valence-electron chi connectivity index (χ4n) is 2.56. The molecule has 21 heavy (non-hydrogen) atoms. The Hall–Kier alpha value is -2.02. The second-order valence-electron chi connectivity index (χ2n) is 5.15. The Morgan fingerprint density at radius 1 is 1.14 bits per heavy atom. The van der Waals surface area contributed by atoms with Gasteiger partial charge in [0, 0.05) is 19.1 Å². The summed E-state index contributed by atoms with van der Waals surface area (Å²) in [5, 5.41) is 7.64. The molecule has 7 heteroatoms. The van der Waals surface area contributed by atoms with E-state index in [1.165, 1.54) is 18.3 Å². The Morgan fingerprint density at radius 2 is 1.76 bits per heavy atom. The third-order valence-electron chi connectivity index (χ3n) is 3.77. The molecule has 3 rings (SSSR count). The third-order valence-corrected chi connectivity index (χ3v) is 4.95. The summed E-state index contributed by atoms with van der Waals surface area (Å²) >= 11 is 1.28. The van der Waals surface area contributed by atoms with E-state index in [1.54, 1.807) is 24.8 Å². The largest absolute Gasteiger partial charge is 0.338 e. The smallest absolute Gasteiger partial charge is 0.263 e. The fraction of sp³-hybridized carbons (Fsp3) is 0.429. The van der Waals surface area contributed by atoms with Crippen LogP contribution in [0.5, 0.6) is 0 Å². The number of thiophene rings is 1. The van der Waals surface area contributed by atoms with E-state index in [0.29, 0.717) is 15.8 Å². The van der Waals surface area contributed by atoms with E-state index in [4.69, 9.17) is 0 Å². The van der Waals surface area contributed by atoms with Crippen LogP contribution in [0.25, 0.3) is 0 Å². The van der Waals surface area contributed by atoms with E-state index in [-0.39, 0.29) is 11.7 Å². The molecule has 3 heterocycles. The van der Waals surface area contributed by atoms with Crippen molar-refractivity contribution in [2.24, 2.45) is 0 Å². The van der Waals surface area contributed by atoms with Crippen LogP contribution in [0.15, 0.2) is 24.8 Å². The minimum absolute atomic E-state index is 0.00497. The highest BCUT2D eigenvalue weighted by Gasteiger charge is 2.25. The number of Topliss-reactive ketones (excluding diaryl/α,β-unsaturated/α-hetero) is 1. The van der Waals surface area contributed by atoms with Crippen LogP contribution in [0.2, 0.25) is 0 Å². The van der Waals surface area contributed by atoms with Crippen molar-refractivity contribution in [1.82, 2.24) is 19.7 Å². The number of hydrogen-bond acceptors (Lipinski definition) is 5. The lowest BCUT2D eigenvalue weighted by molar-refractivity contribution is 0.0699. The van der Waals surface area contributed by atoms with Gasteiger partial charge in [-0.2, -0.15) is 0 Å². The quantitative estimate of drug-likeness (QED) is 0.814. The average Bonchev–Trinajstić information content (AvgIpc) is 3.18. The van der Waals surface area contributed by atoms with E-state index >= 15 is 0 Å². The molecule has 0 aromatic carbocycles. The zero-order valence-electron chi connectivity index (χ0n) is 11.7. The maximum atomic E-state index is 12.4. The van der Waals surface area contributed by atoms with Gasteiger partial charge in [0.25, 0.3) is 5.91 Å². The van der Waals surface area contributed by atoms with Gasteiger partial charge in [-0.1, -0.05) is 0 Å². The molecule has 0 radical (unpaired) electrons. The Balaban J connectivity index is 1.63. The first-order valence-corrected chi connectivity index (χ1v) is 7.71. The summed E-state index contributed by atoms with van der Waals surface area (Å²) in [6.07, 6.45) is 5.24. The van der Waals surface area contributed by atoms with Gasteiger partial charge < -0.3 is 9.47 Å². The molecule has 2 aromatic heterocycles. The number of piperidine rings is 1. The number of aromatic nitrogens is 3. The van der Waals surface area contributed by atoms with Gasteiger partial charge in [-0.3, -0.25) is 9.59 Å². The molecule has 1 saturated heterocycles. The molecule has 0 atom stereocenters. The van der Waals surface area contributed by atoms with E-state index < -0.39 is 0 Å². The molecular weight excluding hydrogens is 288 g/mol. The number of rotatable bonds is 3. The van der Waals surface area contributed by atoms with Gasteiger partial charge >= 0.3 is 0 Å². The van der Waals surface area contributed by atoms with Crippen molar-refractivity contribution in [2.45, 2.75) is 25.8 Å². The molecular formula is C14H16N4O2S. The lowest BCUT2D eigenvalue weighted by Gasteiger charge is -2.32. The predicted molar refractivity (Wildman–Crippen MR) is 78.5 cm³/mol. The van der Waals surface area contributed by atoms with E-state index in [1.807, 2.05) is 9.47 Å². The molecule has 0 N–H and O–H groups in total. The highest BCUT2D eigenvalue weighted by Crippen LogP contribution is 2.25. The minimum atomic E-state index is 0.00497. The van der Waals surface area contributed by atoms with Gasteiger partial charge in [0.15, 0.2) is 5.78 Å². The van der Waals surface area contributed by atoms with Crippen molar-refractivity contribution in [3.05, 3.63) is 34.5 Å². The third kappa shape index (κ3) is 2.87. The molecule has 1 aliphatic heterocycles. The van der Waals surface area contributed by atoms with E-state index in [9.17, 15) is 9.59 Å². The standard InChI is InChI=1S/C14H16N4O2S/c1-10(19)12-2-3-13(21-12)14(20)17-6-4-11(5-7-17)18-8-15-16-9-18/h2-3,8-9,11H,4-7H2,1H3. The van der Waals surface area contributed by atoms with Crippen molar-refractivity contribution >= 4 is 23.0 Å². The van der Waals surface area contributed by atoms with Crippen LogP contribution in [0, 0.1) is 0 Å². The van der Waals surface area contributed by atoms with Crippen LogP contribution < -0.4 is 0 Å². The van der Waals surface area contributed by atoms with Gasteiger partial charge in [-0.15, -0.1) is 21.5 Å². The molecule has 110 valence electrons. The normalized spacial score (nSPS) is 16.1. The number of nitrogens with zero attached hydrogens (tertiary/aromatic N) is 4. The number of likely N-dealkylation sites (tertiary alicyclic amines) is 1. The molecule has 1 amide bonds. The van der Waals surface area contributed by atoms with Gasteiger partial charge in [0.1, 0.15) is 12.7 Å². The molecule has 1 fully saturated rings. The molecule has 0 unspecified atom stereocenters. The summed E-state index contributed by atoms with van der Waals surface area (Å²) in [5.41, 5.74) is 0. The first-order valence-electron chi connectivity index (χ1n) is 6.89. The maximum absolute atomic E-state index is 12.4. The molecule has 0 spiro atoms. The Kier molecular flexibility index (Phi) is 3.83. The summed E-state index contributed by atoms with van der Waals surface area (Å²) in [6.45, 7) is 2.95. The first kappa shape index (κ1) is 13.9. The van der Waals surface area contributed by atoms with Crippen LogP contribution in [0.3, 0.4) is 0 Å². The van der Waals surface area contributed by atoms with Crippen molar-refractivity contribution in [3.8, 4) is 0 Å². The second-order valence-corrected chi connectivity index (χ2v) is 6.24. The van der Waals surface area contributed by atoms with Crippen LogP contribution in [0.4, 0.5) is 0 Å². The summed E-state index contributed by atoms with van der Waals surface area (Å²) in [5.74, 6) is 0.0278. The lowest BCUT2D eigenvalue weighted by Crippen LogP contribution is -2.38. The van der Waals surface area contributed by atoms with Crippen molar-refractivity contribution in [3.63, 3.8) is 0 Å². The Morgan fingerprint density at radius 3 is 2.33 bits per heavy atom. The van der Waals surface area contributed by atoms with Crippen molar-refractivity contribution < 1.29 is 9.59 Å². The molecule has 0 saturated carbocycles. The second kappa shape index (κ2) is 5.77. The average molecular weight is 304 g/mol. The maximum Gasteiger partial charge on any atom is 0.263 e. The van der Waals surface area contributed by atoms with Crippen molar-refractivity contribution in [1.29, 1.82) is 0 Å². The molecule has 2 aromatic rings. The zero-order valence-corrected chi connectivity index (χ0v) is 12.5. The van der Waals surface area contributed by atoms with E-state index in [0.717, 1.165) is 25.9 Å². The molecule has 6 nitrogen and oxygen atoms in total. The minimum Gasteiger partial charge on any atom is -0.338 e. The number of amides is 1. The number of carbonyl (C=O) groups excluding carboxylic acids is 2. The lowest BCUT2D eigenvalue weighted by atomic mass is 10.0. The number of carbonyl (C=O) groups is 2.